The van der Waals surface area contributed by atoms with Gasteiger partial charge in [-0.3, -0.25) is 0 Å². The largest absolute Gasteiger partial charge is 0.388 e. The van der Waals surface area contributed by atoms with Gasteiger partial charge in [0, 0.05) is 5.02 Å². The third-order valence-electron chi connectivity index (χ3n) is 4.21. The van der Waals surface area contributed by atoms with Gasteiger partial charge >= 0.3 is 0 Å². The Morgan fingerprint density at radius 1 is 1.17 bits per heavy atom. The molecule has 2 rings (SSSR count). The zero-order chi connectivity index (χ0) is 13.3. The predicted octanol–water partition coefficient (Wildman–Crippen LogP) is 4.75. The van der Waals surface area contributed by atoms with E-state index >= 15 is 0 Å². The predicted molar refractivity (Wildman–Crippen MR) is 76.8 cm³/mol. The van der Waals surface area contributed by atoms with Crippen LogP contribution >= 0.6 is 11.6 Å². The zero-order valence-corrected chi connectivity index (χ0v) is 12.2. The zero-order valence-electron chi connectivity index (χ0n) is 11.5. The van der Waals surface area contributed by atoms with E-state index in [2.05, 4.69) is 13.8 Å². The monoisotopic (exact) mass is 266 g/mol. The molecule has 1 fully saturated rings. The lowest BCUT2D eigenvalue weighted by Gasteiger charge is -2.35. The maximum absolute atomic E-state index is 10.6. The maximum atomic E-state index is 10.6. The standard InChI is InChI=1S/C16H23ClO/c1-10-6-11(2)8-13(7-10)16(18)15-5-4-14(17)9-12(15)3/h4-5,9-11,13,16,18H,6-8H2,1-3H3. The molecule has 0 spiro atoms. The Kier molecular flexibility index (Phi) is 4.34. The molecule has 1 nitrogen and oxygen atoms in total. The number of benzene rings is 1. The quantitative estimate of drug-likeness (QED) is 0.819. The van der Waals surface area contributed by atoms with Crippen LogP contribution < -0.4 is 0 Å². The summed E-state index contributed by atoms with van der Waals surface area (Å²) in [5.41, 5.74) is 2.14. The van der Waals surface area contributed by atoms with Gasteiger partial charge in [-0.15, -0.1) is 0 Å². The topological polar surface area (TPSA) is 20.2 Å². The Morgan fingerprint density at radius 3 is 2.33 bits per heavy atom. The molecule has 1 N–H and O–H groups in total. The van der Waals surface area contributed by atoms with Gasteiger partial charge in [-0.25, -0.2) is 0 Å². The average molecular weight is 267 g/mol. The Balaban J connectivity index is 2.17. The van der Waals surface area contributed by atoms with E-state index < -0.39 is 0 Å². The molecule has 1 saturated carbocycles. The lowest BCUT2D eigenvalue weighted by molar-refractivity contribution is 0.0547. The first kappa shape index (κ1) is 13.9. The number of hydrogen-bond acceptors (Lipinski definition) is 1. The summed E-state index contributed by atoms with van der Waals surface area (Å²) in [7, 11) is 0. The molecule has 0 radical (unpaired) electrons. The molecule has 2 heteroatoms. The third-order valence-corrected chi connectivity index (χ3v) is 4.45. The second-order valence-corrected chi connectivity index (χ2v) is 6.56. The second kappa shape index (κ2) is 5.63. The van der Waals surface area contributed by atoms with Crippen LogP contribution in [0, 0.1) is 24.7 Å². The highest BCUT2D eigenvalue weighted by Gasteiger charge is 2.30. The summed E-state index contributed by atoms with van der Waals surface area (Å²) >= 11 is 5.97. The van der Waals surface area contributed by atoms with Crippen molar-refractivity contribution in [3.63, 3.8) is 0 Å². The highest BCUT2D eigenvalue weighted by atomic mass is 35.5. The smallest absolute Gasteiger partial charge is 0.0820 e. The van der Waals surface area contributed by atoms with Crippen molar-refractivity contribution in [2.45, 2.75) is 46.1 Å². The van der Waals surface area contributed by atoms with Crippen molar-refractivity contribution >= 4 is 11.6 Å². The molecule has 3 unspecified atom stereocenters. The van der Waals surface area contributed by atoms with Crippen molar-refractivity contribution in [3.05, 3.63) is 34.3 Å². The van der Waals surface area contributed by atoms with E-state index in [-0.39, 0.29) is 6.10 Å². The second-order valence-electron chi connectivity index (χ2n) is 6.12. The first-order chi connectivity index (χ1) is 8.47. The third kappa shape index (κ3) is 3.07. The van der Waals surface area contributed by atoms with Crippen molar-refractivity contribution < 1.29 is 5.11 Å². The van der Waals surface area contributed by atoms with Crippen LogP contribution in [0.2, 0.25) is 5.02 Å². The summed E-state index contributed by atoms with van der Waals surface area (Å²) in [5, 5.41) is 11.4. The highest BCUT2D eigenvalue weighted by molar-refractivity contribution is 6.30. The van der Waals surface area contributed by atoms with Crippen LogP contribution in [-0.2, 0) is 0 Å². The number of aliphatic hydroxyl groups excluding tert-OH is 1. The highest BCUT2D eigenvalue weighted by Crippen LogP contribution is 2.40. The van der Waals surface area contributed by atoms with Crippen molar-refractivity contribution in [2.24, 2.45) is 17.8 Å². The normalized spacial score (nSPS) is 30.2. The molecule has 3 atom stereocenters. The number of halogens is 1. The van der Waals surface area contributed by atoms with Crippen LogP contribution in [0.5, 0.6) is 0 Å². The summed E-state index contributed by atoms with van der Waals surface area (Å²) < 4.78 is 0. The fraction of sp³-hybridized carbons (Fsp3) is 0.625. The fourth-order valence-electron chi connectivity index (χ4n) is 3.49. The van der Waals surface area contributed by atoms with Gasteiger partial charge in [0.05, 0.1) is 6.10 Å². The Labute approximate surface area is 115 Å². The lowest BCUT2D eigenvalue weighted by Crippen LogP contribution is -2.25. The van der Waals surface area contributed by atoms with Crippen LogP contribution in [0.3, 0.4) is 0 Å². The molecule has 1 aliphatic rings. The van der Waals surface area contributed by atoms with E-state index in [0.29, 0.717) is 5.92 Å². The minimum absolute atomic E-state index is 0.340. The van der Waals surface area contributed by atoms with Crippen LogP contribution in [0.25, 0.3) is 0 Å². The Hall–Kier alpha value is -0.530. The summed E-state index contributed by atoms with van der Waals surface area (Å²) in [6, 6.07) is 5.80. The number of aliphatic hydroxyl groups is 1. The van der Waals surface area contributed by atoms with E-state index in [1.54, 1.807) is 0 Å². The van der Waals surface area contributed by atoms with Gasteiger partial charge in [-0.2, -0.15) is 0 Å². The molecule has 1 aliphatic carbocycles. The molecule has 1 aromatic carbocycles. The summed E-state index contributed by atoms with van der Waals surface area (Å²) in [4.78, 5) is 0. The fourth-order valence-corrected chi connectivity index (χ4v) is 3.72. The molecular formula is C16H23ClO. The van der Waals surface area contributed by atoms with E-state index in [0.717, 1.165) is 40.8 Å². The van der Waals surface area contributed by atoms with Gasteiger partial charge < -0.3 is 5.11 Å². The summed E-state index contributed by atoms with van der Waals surface area (Å²) in [6.45, 7) is 6.62. The molecule has 100 valence electrons. The molecule has 0 saturated heterocycles. The van der Waals surface area contributed by atoms with Crippen molar-refractivity contribution in [3.8, 4) is 0 Å². The van der Waals surface area contributed by atoms with E-state index in [4.69, 9.17) is 11.6 Å². The van der Waals surface area contributed by atoms with Gasteiger partial charge in [-0.05, 0) is 67.2 Å². The van der Waals surface area contributed by atoms with E-state index in [1.807, 2.05) is 25.1 Å². The van der Waals surface area contributed by atoms with Gasteiger partial charge in [0.15, 0.2) is 0 Å². The van der Waals surface area contributed by atoms with Crippen LogP contribution in [0.15, 0.2) is 18.2 Å². The minimum Gasteiger partial charge on any atom is -0.388 e. The lowest BCUT2D eigenvalue weighted by atomic mass is 9.73. The minimum atomic E-state index is -0.340. The molecule has 0 heterocycles. The van der Waals surface area contributed by atoms with Crippen LogP contribution in [-0.4, -0.2) is 5.11 Å². The molecule has 18 heavy (non-hydrogen) atoms. The van der Waals surface area contributed by atoms with Gasteiger partial charge in [0.2, 0.25) is 0 Å². The van der Waals surface area contributed by atoms with Crippen molar-refractivity contribution in [2.75, 3.05) is 0 Å². The number of rotatable bonds is 2. The first-order valence-corrected chi connectivity index (χ1v) is 7.29. The molecule has 0 aliphatic heterocycles. The van der Waals surface area contributed by atoms with E-state index in [9.17, 15) is 5.11 Å². The molecular weight excluding hydrogens is 244 g/mol. The first-order valence-electron chi connectivity index (χ1n) is 6.91. The summed E-state index contributed by atoms with van der Waals surface area (Å²) in [5.74, 6) is 1.84. The van der Waals surface area contributed by atoms with Crippen molar-refractivity contribution in [1.29, 1.82) is 0 Å². The molecule has 1 aromatic rings. The van der Waals surface area contributed by atoms with Crippen LogP contribution in [0.1, 0.15) is 50.3 Å². The Morgan fingerprint density at radius 2 is 1.78 bits per heavy atom. The molecule has 0 aromatic heterocycles. The maximum Gasteiger partial charge on any atom is 0.0820 e. The summed E-state index contributed by atoms with van der Waals surface area (Å²) in [6.07, 6.45) is 3.22. The van der Waals surface area contributed by atoms with E-state index in [1.165, 1.54) is 6.42 Å². The average Bonchev–Trinajstić information content (AvgIpc) is 2.26. The van der Waals surface area contributed by atoms with Crippen LogP contribution in [0.4, 0.5) is 0 Å². The number of hydrogen-bond donors (Lipinski definition) is 1. The van der Waals surface area contributed by atoms with Gasteiger partial charge in [-0.1, -0.05) is 31.5 Å². The van der Waals surface area contributed by atoms with Gasteiger partial charge in [0.25, 0.3) is 0 Å². The SMILES string of the molecule is Cc1cc(Cl)ccc1C(O)C1CC(C)CC(C)C1. The van der Waals surface area contributed by atoms with Gasteiger partial charge in [0.1, 0.15) is 0 Å². The Bertz CT molecular complexity index is 406. The molecule has 0 bridgehead atoms. The molecule has 0 amide bonds. The van der Waals surface area contributed by atoms with Crippen molar-refractivity contribution in [1.82, 2.24) is 0 Å². The number of aryl methyl sites for hydroxylation is 1.